The Morgan fingerprint density at radius 3 is 2.04 bits per heavy atom. The van der Waals surface area contributed by atoms with Crippen molar-refractivity contribution in [1.82, 2.24) is 5.32 Å². The molecule has 0 aliphatic heterocycles. The van der Waals surface area contributed by atoms with Crippen LogP contribution in [0.25, 0.3) is 0 Å². The van der Waals surface area contributed by atoms with Crippen molar-refractivity contribution in [2.75, 3.05) is 5.32 Å². The van der Waals surface area contributed by atoms with E-state index in [-0.39, 0.29) is 12.0 Å². The maximum absolute atomic E-state index is 12.3. The first-order valence-corrected chi connectivity index (χ1v) is 8.68. The predicted octanol–water partition coefficient (Wildman–Crippen LogP) is 4.01. The van der Waals surface area contributed by atoms with Gasteiger partial charge in [-0.1, -0.05) is 62.7 Å². The fourth-order valence-electron chi connectivity index (χ4n) is 2.63. The summed E-state index contributed by atoms with van der Waals surface area (Å²) in [5, 5.41) is 5.48. The van der Waals surface area contributed by atoms with Gasteiger partial charge in [-0.15, -0.1) is 0 Å². The van der Waals surface area contributed by atoms with Crippen LogP contribution < -0.4 is 10.6 Å². The van der Waals surface area contributed by atoms with Gasteiger partial charge in [-0.05, 0) is 42.5 Å². The monoisotopic (exact) mass is 338 g/mol. The molecule has 0 spiro atoms. The molecule has 0 aliphatic carbocycles. The molecule has 1 unspecified atom stereocenters. The molecular formula is C21H26N2O2. The molecule has 4 heteroatoms. The minimum absolute atomic E-state index is 0.170. The molecule has 0 radical (unpaired) electrons. The van der Waals surface area contributed by atoms with E-state index in [9.17, 15) is 9.59 Å². The number of rotatable bonds is 5. The van der Waals surface area contributed by atoms with Crippen LogP contribution in [-0.2, 0) is 16.0 Å². The van der Waals surface area contributed by atoms with E-state index in [0.717, 1.165) is 17.5 Å². The van der Waals surface area contributed by atoms with Crippen molar-refractivity contribution in [3.8, 4) is 0 Å². The van der Waals surface area contributed by atoms with Crippen molar-refractivity contribution in [2.24, 2.45) is 5.92 Å². The Morgan fingerprint density at radius 1 is 0.920 bits per heavy atom. The van der Waals surface area contributed by atoms with Crippen molar-refractivity contribution < 1.29 is 9.59 Å². The number of aryl methyl sites for hydroxylation is 2. The van der Waals surface area contributed by atoms with Crippen LogP contribution in [0, 0.1) is 12.8 Å². The van der Waals surface area contributed by atoms with Crippen LogP contribution in [-0.4, -0.2) is 11.8 Å². The van der Waals surface area contributed by atoms with Gasteiger partial charge in [0.15, 0.2) is 0 Å². The minimum atomic E-state index is -0.653. The number of anilines is 1. The van der Waals surface area contributed by atoms with Crippen LogP contribution in [0.15, 0.2) is 48.5 Å². The number of amides is 2. The van der Waals surface area contributed by atoms with Crippen LogP contribution in [0.4, 0.5) is 5.69 Å². The van der Waals surface area contributed by atoms with E-state index in [2.05, 4.69) is 29.7 Å². The Morgan fingerprint density at radius 2 is 1.52 bits per heavy atom. The second-order valence-electron chi connectivity index (χ2n) is 6.61. The Bertz CT molecular complexity index is 719. The molecule has 0 aliphatic rings. The molecule has 2 aromatic rings. The zero-order valence-corrected chi connectivity index (χ0v) is 15.3. The fourth-order valence-corrected chi connectivity index (χ4v) is 2.63. The Labute approximate surface area is 149 Å². The van der Waals surface area contributed by atoms with E-state index in [1.807, 2.05) is 45.0 Å². The average Bonchev–Trinajstić information content (AvgIpc) is 2.61. The molecule has 0 heterocycles. The van der Waals surface area contributed by atoms with Gasteiger partial charge >= 0.3 is 11.8 Å². The number of benzene rings is 2. The summed E-state index contributed by atoms with van der Waals surface area (Å²) < 4.78 is 0. The molecule has 4 nitrogen and oxygen atoms in total. The summed E-state index contributed by atoms with van der Waals surface area (Å²) in [5.41, 5.74) is 3.95. The lowest BCUT2D eigenvalue weighted by Crippen LogP contribution is -2.39. The van der Waals surface area contributed by atoms with Crippen molar-refractivity contribution >= 4 is 17.5 Å². The van der Waals surface area contributed by atoms with Gasteiger partial charge < -0.3 is 10.6 Å². The first-order chi connectivity index (χ1) is 11.9. The fraction of sp³-hybridized carbons (Fsp3) is 0.333. The summed E-state index contributed by atoms with van der Waals surface area (Å²) in [6, 6.07) is 15.3. The zero-order chi connectivity index (χ0) is 18.4. The van der Waals surface area contributed by atoms with Crippen LogP contribution in [0.3, 0.4) is 0 Å². The highest BCUT2D eigenvalue weighted by atomic mass is 16.2. The molecule has 25 heavy (non-hydrogen) atoms. The average molecular weight is 338 g/mol. The first kappa shape index (κ1) is 18.7. The molecule has 0 bridgehead atoms. The Kier molecular flexibility index (Phi) is 6.34. The lowest BCUT2D eigenvalue weighted by atomic mass is 9.95. The van der Waals surface area contributed by atoms with E-state index < -0.39 is 11.8 Å². The topological polar surface area (TPSA) is 58.2 Å². The zero-order valence-electron chi connectivity index (χ0n) is 15.3. The first-order valence-electron chi connectivity index (χ1n) is 8.68. The third kappa shape index (κ3) is 5.18. The number of hydrogen-bond donors (Lipinski definition) is 2. The second kappa shape index (κ2) is 8.47. The van der Waals surface area contributed by atoms with Crippen molar-refractivity contribution in [3.63, 3.8) is 0 Å². The molecule has 1 atom stereocenters. The highest BCUT2D eigenvalue weighted by Gasteiger charge is 2.22. The van der Waals surface area contributed by atoms with Gasteiger partial charge in [-0.25, -0.2) is 0 Å². The molecule has 2 aromatic carbocycles. The smallest absolute Gasteiger partial charge is 0.313 e. The van der Waals surface area contributed by atoms with E-state index in [0.29, 0.717) is 5.69 Å². The van der Waals surface area contributed by atoms with Gasteiger partial charge in [0.05, 0.1) is 6.04 Å². The molecule has 2 amide bonds. The molecular weight excluding hydrogens is 312 g/mol. The summed E-state index contributed by atoms with van der Waals surface area (Å²) in [7, 11) is 0. The van der Waals surface area contributed by atoms with Gasteiger partial charge in [0.25, 0.3) is 0 Å². The van der Waals surface area contributed by atoms with Crippen molar-refractivity contribution in [2.45, 2.75) is 40.2 Å². The van der Waals surface area contributed by atoms with Crippen molar-refractivity contribution in [3.05, 3.63) is 65.2 Å². The molecule has 132 valence electrons. The third-order valence-electron chi connectivity index (χ3n) is 4.22. The number of carbonyl (C=O) groups is 2. The maximum Gasteiger partial charge on any atom is 0.313 e. The molecule has 0 saturated carbocycles. The van der Waals surface area contributed by atoms with Crippen molar-refractivity contribution in [1.29, 1.82) is 0 Å². The summed E-state index contributed by atoms with van der Waals surface area (Å²) >= 11 is 0. The lowest BCUT2D eigenvalue weighted by molar-refractivity contribution is -0.136. The van der Waals surface area contributed by atoms with Crippen LogP contribution >= 0.6 is 0 Å². The minimum Gasteiger partial charge on any atom is -0.341 e. The Hall–Kier alpha value is -2.62. The Balaban J connectivity index is 2.05. The molecule has 0 saturated heterocycles. The highest BCUT2D eigenvalue weighted by Crippen LogP contribution is 2.22. The second-order valence-corrected chi connectivity index (χ2v) is 6.61. The van der Waals surface area contributed by atoms with E-state index in [4.69, 9.17) is 0 Å². The molecule has 0 fully saturated rings. The van der Waals surface area contributed by atoms with Gasteiger partial charge in [-0.2, -0.15) is 0 Å². The normalized spacial score (nSPS) is 11.9. The van der Waals surface area contributed by atoms with Gasteiger partial charge in [0.2, 0.25) is 0 Å². The molecule has 2 N–H and O–H groups in total. The van der Waals surface area contributed by atoms with Gasteiger partial charge in [0, 0.05) is 5.69 Å². The summed E-state index contributed by atoms with van der Waals surface area (Å²) in [6.45, 7) is 8.12. The largest absolute Gasteiger partial charge is 0.341 e. The number of nitrogens with one attached hydrogen (secondary N) is 2. The summed E-state index contributed by atoms with van der Waals surface area (Å²) in [4.78, 5) is 24.5. The summed E-state index contributed by atoms with van der Waals surface area (Å²) in [5.74, 6) is -1.11. The van der Waals surface area contributed by atoms with Crippen LogP contribution in [0.5, 0.6) is 0 Å². The van der Waals surface area contributed by atoms with Crippen LogP contribution in [0.1, 0.15) is 43.5 Å². The molecule has 0 aromatic heterocycles. The maximum atomic E-state index is 12.3. The standard InChI is InChI=1S/C21H26N2O2/c1-5-16-8-10-17(11-9-16)19(14(2)3)23-21(25)20(24)22-18-12-6-15(4)7-13-18/h6-14,19H,5H2,1-4H3,(H,22,24)(H,23,25). The number of hydrogen-bond acceptors (Lipinski definition) is 2. The molecule has 2 rings (SSSR count). The van der Waals surface area contributed by atoms with E-state index in [1.165, 1.54) is 5.56 Å². The third-order valence-corrected chi connectivity index (χ3v) is 4.22. The quantitative estimate of drug-likeness (QED) is 0.809. The lowest BCUT2D eigenvalue weighted by Gasteiger charge is -2.23. The van der Waals surface area contributed by atoms with E-state index in [1.54, 1.807) is 12.1 Å². The van der Waals surface area contributed by atoms with Crippen LogP contribution in [0.2, 0.25) is 0 Å². The van der Waals surface area contributed by atoms with Gasteiger partial charge in [0.1, 0.15) is 0 Å². The van der Waals surface area contributed by atoms with E-state index >= 15 is 0 Å². The highest BCUT2D eigenvalue weighted by molar-refractivity contribution is 6.39. The summed E-state index contributed by atoms with van der Waals surface area (Å²) in [6.07, 6.45) is 0.970. The SMILES string of the molecule is CCc1ccc(C(NC(=O)C(=O)Nc2ccc(C)cc2)C(C)C)cc1. The van der Waals surface area contributed by atoms with Gasteiger partial charge in [-0.3, -0.25) is 9.59 Å². The number of carbonyl (C=O) groups excluding carboxylic acids is 2. The predicted molar refractivity (Wildman–Crippen MR) is 101 cm³/mol.